The number of fused-ring (bicyclic) bond motifs is 1. The number of rotatable bonds is 3. The van der Waals surface area contributed by atoms with E-state index in [0.717, 1.165) is 30.4 Å². The van der Waals surface area contributed by atoms with Crippen LogP contribution in [0.4, 0.5) is 5.69 Å². The van der Waals surface area contributed by atoms with Crippen LogP contribution in [0.25, 0.3) is 0 Å². The van der Waals surface area contributed by atoms with Gasteiger partial charge in [0.05, 0.1) is 4.90 Å². The number of nitrogens with one attached hydrogen (secondary N) is 1. The molecular weight excluding hydrogens is 282 g/mol. The summed E-state index contributed by atoms with van der Waals surface area (Å²) in [6, 6.07) is 11.3. The molecule has 4 heteroatoms. The molecule has 1 N–H and O–H groups in total. The molecule has 2 aromatic rings. The number of benzene rings is 2. The van der Waals surface area contributed by atoms with Crippen LogP contribution in [0.5, 0.6) is 0 Å². The smallest absolute Gasteiger partial charge is 0.262 e. The molecule has 1 aliphatic carbocycles. The van der Waals surface area contributed by atoms with Crippen molar-refractivity contribution in [2.75, 3.05) is 4.72 Å². The zero-order valence-corrected chi connectivity index (χ0v) is 13.1. The van der Waals surface area contributed by atoms with E-state index in [0.29, 0.717) is 10.6 Å². The van der Waals surface area contributed by atoms with Crippen LogP contribution in [0.15, 0.2) is 41.3 Å². The first-order chi connectivity index (χ1) is 9.95. The van der Waals surface area contributed by atoms with Crippen LogP contribution in [0.2, 0.25) is 0 Å². The lowest BCUT2D eigenvalue weighted by atomic mass is 10.1. The van der Waals surface area contributed by atoms with Gasteiger partial charge in [-0.25, -0.2) is 8.42 Å². The highest BCUT2D eigenvalue weighted by Crippen LogP contribution is 2.27. The van der Waals surface area contributed by atoms with Crippen molar-refractivity contribution >= 4 is 15.7 Å². The summed E-state index contributed by atoms with van der Waals surface area (Å²) in [6.07, 6.45) is 3.29. The Morgan fingerprint density at radius 1 is 0.952 bits per heavy atom. The van der Waals surface area contributed by atoms with Crippen molar-refractivity contribution in [1.82, 2.24) is 0 Å². The second-order valence-corrected chi connectivity index (χ2v) is 7.36. The summed E-state index contributed by atoms with van der Waals surface area (Å²) in [6.45, 7) is 3.71. The van der Waals surface area contributed by atoms with Gasteiger partial charge in [0.15, 0.2) is 0 Å². The molecule has 0 heterocycles. The van der Waals surface area contributed by atoms with Crippen molar-refractivity contribution < 1.29 is 8.42 Å². The minimum absolute atomic E-state index is 0.350. The van der Waals surface area contributed by atoms with Crippen LogP contribution < -0.4 is 4.72 Å². The summed E-state index contributed by atoms with van der Waals surface area (Å²) >= 11 is 0. The van der Waals surface area contributed by atoms with Crippen molar-refractivity contribution in [3.8, 4) is 0 Å². The molecule has 21 heavy (non-hydrogen) atoms. The summed E-state index contributed by atoms with van der Waals surface area (Å²) in [4.78, 5) is 0.350. The molecule has 0 aliphatic heterocycles. The standard InChI is InChI=1S/C17H19NO2S/c1-12-6-7-13(2)17(10-12)21(19,20)18-16-9-8-14-4-3-5-15(14)11-16/h6-11,18H,3-5H2,1-2H3. The molecule has 0 bridgehead atoms. The molecule has 1 aliphatic rings. The van der Waals surface area contributed by atoms with E-state index in [4.69, 9.17) is 0 Å². The lowest BCUT2D eigenvalue weighted by molar-refractivity contribution is 0.600. The SMILES string of the molecule is Cc1ccc(C)c(S(=O)(=O)Nc2ccc3c(c2)CCC3)c1. The predicted octanol–water partition coefficient (Wildman–Crippen LogP) is 3.59. The largest absolute Gasteiger partial charge is 0.280 e. The van der Waals surface area contributed by atoms with E-state index >= 15 is 0 Å². The van der Waals surface area contributed by atoms with Gasteiger partial charge >= 0.3 is 0 Å². The second-order valence-electron chi connectivity index (χ2n) is 5.71. The number of anilines is 1. The Kier molecular flexibility index (Phi) is 3.49. The van der Waals surface area contributed by atoms with Crippen LogP contribution in [0, 0.1) is 13.8 Å². The van der Waals surface area contributed by atoms with E-state index in [1.165, 1.54) is 11.1 Å². The van der Waals surface area contributed by atoms with Crippen LogP contribution in [0.1, 0.15) is 28.7 Å². The molecule has 0 radical (unpaired) electrons. The van der Waals surface area contributed by atoms with Gasteiger partial charge < -0.3 is 0 Å². The molecule has 0 spiro atoms. The molecule has 0 amide bonds. The zero-order valence-electron chi connectivity index (χ0n) is 12.3. The fraction of sp³-hybridized carbons (Fsp3) is 0.294. The van der Waals surface area contributed by atoms with Gasteiger partial charge in [0.2, 0.25) is 0 Å². The predicted molar refractivity (Wildman–Crippen MR) is 85.2 cm³/mol. The third-order valence-electron chi connectivity index (χ3n) is 3.98. The van der Waals surface area contributed by atoms with Gasteiger partial charge in [-0.15, -0.1) is 0 Å². The van der Waals surface area contributed by atoms with Crippen LogP contribution in [-0.2, 0) is 22.9 Å². The Morgan fingerprint density at radius 2 is 1.71 bits per heavy atom. The van der Waals surface area contributed by atoms with Gasteiger partial charge in [-0.3, -0.25) is 4.72 Å². The topological polar surface area (TPSA) is 46.2 Å². The maximum atomic E-state index is 12.6. The fourth-order valence-corrected chi connectivity index (χ4v) is 4.22. The number of hydrogen-bond donors (Lipinski definition) is 1. The fourth-order valence-electron chi connectivity index (χ4n) is 2.84. The lowest BCUT2D eigenvalue weighted by Crippen LogP contribution is -2.14. The average Bonchev–Trinajstić information content (AvgIpc) is 2.88. The van der Waals surface area contributed by atoms with Gasteiger partial charge in [-0.05, 0) is 73.6 Å². The monoisotopic (exact) mass is 301 g/mol. The first-order valence-corrected chi connectivity index (χ1v) is 8.66. The normalized spacial score (nSPS) is 14.0. The summed E-state index contributed by atoms with van der Waals surface area (Å²) in [7, 11) is -3.53. The van der Waals surface area contributed by atoms with Crippen molar-refractivity contribution in [2.24, 2.45) is 0 Å². The Morgan fingerprint density at radius 3 is 2.52 bits per heavy atom. The highest BCUT2D eigenvalue weighted by Gasteiger charge is 2.18. The summed E-state index contributed by atoms with van der Waals surface area (Å²) in [5.41, 5.74) is 4.95. The Labute approximate surface area is 126 Å². The molecule has 0 unspecified atom stereocenters. The second kappa shape index (κ2) is 5.19. The highest BCUT2D eigenvalue weighted by atomic mass is 32.2. The van der Waals surface area contributed by atoms with Crippen LogP contribution in [-0.4, -0.2) is 8.42 Å². The zero-order chi connectivity index (χ0) is 15.0. The minimum atomic E-state index is -3.53. The van der Waals surface area contributed by atoms with Crippen molar-refractivity contribution in [1.29, 1.82) is 0 Å². The lowest BCUT2D eigenvalue weighted by Gasteiger charge is -2.12. The molecular formula is C17H19NO2S. The maximum Gasteiger partial charge on any atom is 0.262 e. The number of hydrogen-bond acceptors (Lipinski definition) is 2. The van der Waals surface area contributed by atoms with Crippen molar-refractivity contribution in [3.63, 3.8) is 0 Å². The maximum absolute atomic E-state index is 12.6. The van der Waals surface area contributed by atoms with E-state index in [1.54, 1.807) is 6.07 Å². The third kappa shape index (κ3) is 2.81. The molecule has 3 nitrogen and oxygen atoms in total. The number of sulfonamides is 1. The first-order valence-electron chi connectivity index (χ1n) is 7.17. The summed E-state index contributed by atoms with van der Waals surface area (Å²) in [5, 5.41) is 0. The molecule has 0 atom stereocenters. The average molecular weight is 301 g/mol. The Bertz CT molecular complexity index is 794. The van der Waals surface area contributed by atoms with Gasteiger partial charge in [0, 0.05) is 5.69 Å². The summed E-state index contributed by atoms with van der Waals surface area (Å²) in [5.74, 6) is 0. The molecule has 0 aromatic heterocycles. The van der Waals surface area contributed by atoms with Gasteiger partial charge in [0.1, 0.15) is 0 Å². The number of aryl methyl sites for hydroxylation is 4. The Hall–Kier alpha value is -1.81. The molecule has 0 saturated carbocycles. The van der Waals surface area contributed by atoms with E-state index in [1.807, 2.05) is 44.2 Å². The van der Waals surface area contributed by atoms with E-state index in [2.05, 4.69) is 4.72 Å². The molecule has 3 rings (SSSR count). The molecule has 2 aromatic carbocycles. The third-order valence-corrected chi connectivity index (χ3v) is 5.51. The Balaban J connectivity index is 1.94. The molecule has 110 valence electrons. The van der Waals surface area contributed by atoms with Gasteiger partial charge in [-0.1, -0.05) is 18.2 Å². The van der Waals surface area contributed by atoms with Crippen molar-refractivity contribution in [3.05, 3.63) is 58.7 Å². The first kappa shape index (κ1) is 14.1. The van der Waals surface area contributed by atoms with E-state index in [9.17, 15) is 8.42 Å². The van der Waals surface area contributed by atoms with Gasteiger partial charge in [-0.2, -0.15) is 0 Å². The quantitative estimate of drug-likeness (QED) is 0.941. The van der Waals surface area contributed by atoms with E-state index < -0.39 is 10.0 Å². The molecule has 0 fully saturated rings. The van der Waals surface area contributed by atoms with Crippen LogP contribution >= 0.6 is 0 Å². The van der Waals surface area contributed by atoms with Crippen molar-refractivity contribution in [2.45, 2.75) is 38.0 Å². The van der Waals surface area contributed by atoms with E-state index in [-0.39, 0.29) is 0 Å². The molecule has 0 saturated heterocycles. The highest BCUT2D eigenvalue weighted by molar-refractivity contribution is 7.92. The van der Waals surface area contributed by atoms with Gasteiger partial charge in [0.25, 0.3) is 10.0 Å². The minimum Gasteiger partial charge on any atom is -0.280 e. The summed E-state index contributed by atoms with van der Waals surface area (Å²) < 4.78 is 27.8. The van der Waals surface area contributed by atoms with Crippen LogP contribution in [0.3, 0.4) is 0 Å².